The first-order valence-corrected chi connectivity index (χ1v) is 8.80. The zero-order valence-electron chi connectivity index (χ0n) is 15.4. The minimum atomic E-state index is -0.797. The van der Waals surface area contributed by atoms with Crippen molar-refractivity contribution >= 4 is 40.3 Å². The molecule has 0 saturated heterocycles. The molecule has 0 spiro atoms. The van der Waals surface area contributed by atoms with Gasteiger partial charge in [-0.1, -0.05) is 22.8 Å². The van der Waals surface area contributed by atoms with Crippen LogP contribution in [0.1, 0.15) is 28.8 Å². The van der Waals surface area contributed by atoms with Crippen LogP contribution in [0.3, 0.4) is 0 Å². The number of halogens is 1. The molecule has 0 atom stereocenters. The molecular weight excluding hydrogens is 388 g/mol. The fraction of sp³-hybridized carbons (Fsp3) is 0.278. The topological polar surface area (TPSA) is 116 Å². The molecule has 3 aromatic rings. The van der Waals surface area contributed by atoms with Crippen molar-refractivity contribution in [3.63, 3.8) is 0 Å². The quantitative estimate of drug-likeness (QED) is 0.649. The van der Waals surface area contributed by atoms with E-state index in [1.54, 1.807) is 39.0 Å². The van der Waals surface area contributed by atoms with Gasteiger partial charge in [-0.2, -0.15) is 4.98 Å². The smallest absolute Gasteiger partial charge is 0.361 e. The van der Waals surface area contributed by atoms with Crippen molar-refractivity contribution in [2.75, 3.05) is 11.9 Å². The number of hydrogen-bond donors (Lipinski definition) is 1. The van der Waals surface area contributed by atoms with Crippen molar-refractivity contribution in [1.29, 1.82) is 0 Å². The molecule has 28 heavy (non-hydrogen) atoms. The summed E-state index contributed by atoms with van der Waals surface area (Å²) in [5.41, 5.74) is 0.264. The lowest BCUT2D eigenvalue weighted by atomic mass is 10.2. The Morgan fingerprint density at radius 3 is 2.79 bits per heavy atom. The van der Waals surface area contributed by atoms with Crippen molar-refractivity contribution < 1.29 is 18.8 Å². The van der Waals surface area contributed by atoms with Crippen LogP contribution >= 0.6 is 11.6 Å². The number of aromatic nitrogens is 3. The van der Waals surface area contributed by atoms with Gasteiger partial charge in [0.15, 0.2) is 0 Å². The van der Waals surface area contributed by atoms with E-state index in [0.29, 0.717) is 16.3 Å². The molecule has 1 amide bonds. The van der Waals surface area contributed by atoms with Crippen molar-refractivity contribution in [1.82, 2.24) is 14.7 Å². The van der Waals surface area contributed by atoms with Gasteiger partial charge in [-0.15, -0.1) is 0 Å². The third-order valence-electron chi connectivity index (χ3n) is 4.10. The lowest BCUT2D eigenvalue weighted by Gasteiger charge is -2.12. The fourth-order valence-corrected chi connectivity index (χ4v) is 2.82. The number of carbonyl (C=O) groups excluding carboxylic acids is 2. The van der Waals surface area contributed by atoms with E-state index in [1.807, 2.05) is 0 Å². The van der Waals surface area contributed by atoms with Gasteiger partial charge in [0, 0.05) is 10.7 Å². The predicted molar refractivity (Wildman–Crippen MR) is 102 cm³/mol. The Labute approximate surface area is 164 Å². The average molecular weight is 405 g/mol. The van der Waals surface area contributed by atoms with Gasteiger partial charge in [0.1, 0.15) is 17.8 Å². The van der Waals surface area contributed by atoms with Crippen LogP contribution in [0, 0.1) is 13.8 Å². The minimum absolute atomic E-state index is 0.0899. The number of rotatable bonds is 5. The normalized spacial score (nSPS) is 10.9. The molecule has 0 saturated carbocycles. The number of nitrogens with zero attached hydrogens (tertiary/aromatic N) is 3. The zero-order chi connectivity index (χ0) is 20.4. The van der Waals surface area contributed by atoms with E-state index in [2.05, 4.69) is 15.5 Å². The highest BCUT2D eigenvalue weighted by atomic mass is 35.5. The van der Waals surface area contributed by atoms with Crippen molar-refractivity contribution in [3.8, 4) is 0 Å². The first-order chi connectivity index (χ1) is 13.3. The molecule has 3 rings (SSSR count). The van der Waals surface area contributed by atoms with Gasteiger partial charge in [0.25, 0.3) is 11.3 Å². The van der Waals surface area contributed by atoms with Crippen LogP contribution in [0.4, 0.5) is 5.69 Å². The number of anilines is 1. The summed E-state index contributed by atoms with van der Waals surface area (Å²) in [6.07, 6.45) is 0. The number of carbonyl (C=O) groups is 2. The SMILES string of the molecule is CCOC(=O)c1noc2nc(C)n(CC(=O)Nc3cccc(Cl)c3C)c(=O)c12. The Morgan fingerprint density at radius 1 is 1.32 bits per heavy atom. The van der Waals surface area contributed by atoms with Crippen molar-refractivity contribution in [2.24, 2.45) is 0 Å². The van der Waals surface area contributed by atoms with Crippen LogP contribution < -0.4 is 10.9 Å². The molecule has 1 aromatic carbocycles. The van der Waals surface area contributed by atoms with Crippen molar-refractivity contribution in [3.05, 3.63) is 50.7 Å². The second-order valence-corrected chi connectivity index (χ2v) is 6.35. The number of hydrogen-bond acceptors (Lipinski definition) is 7. The highest BCUT2D eigenvalue weighted by Crippen LogP contribution is 2.23. The predicted octanol–water partition coefficient (Wildman–Crippen LogP) is 2.47. The van der Waals surface area contributed by atoms with Gasteiger partial charge in [-0.25, -0.2) is 4.79 Å². The molecule has 2 aromatic heterocycles. The van der Waals surface area contributed by atoms with Crippen LogP contribution in [-0.4, -0.2) is 33.2 Å². The fourth-order valence-electron chi connectivity index (χ4n) is 2.64. The summed E-state index contributed by atoms with van der Waals surface area (Å²) in [5.74, 6) is -1.01. The highest BCUT2D eigenvalue weighted by molar-refractivity contribution is 6.31. The molecule has 9 nitrogen and oxygen atoms in total. The lowest BCUT2D eigenvalue weighted by Crippen LogP contribution is -2.30. The molecule has 0 aliphatic heterocycles. The standard InChI is InChI=1S/C18H17ClN4O5/c1-4-27-18(26)15-14-16(28-22-15)20-10(3)23(17(14)25)8-13(24)21-12-7-5-6-11(19)9(12)2/h5-7H,4,8H2,1-3H3,(H,21,24). The molecule has 1 N–H and O–H groups in total. The molecule has 0 aliphatic carbocycles. The van der Waals surface area contributed by atoms with Gasteiger partial charge < -0.3 is 14.6 Å². The minimum Gasteiger partial charge on any atom is -0.461 e. The second kappa shape index (κ2) is 7.81. The molecule has 0 radical (unpaired) electrons. The maximum atomic E-state index is 12.9. The van der Waals surface area contributed by atoms with E-state index in [-0.39, 0.29) is 35.8 Å². The average Bonchev–Trinajstić information content (AvgIpc) is 3.06. The number of ether oxygens (including phenoxy) is 1. The molecule has 0 fully saturated rings. The first-order valence-electron chi connectivity index (χ1n) is 8.42. The Kier molecular flexibility index (Phi) is 5.46. The molecule has 0 bridgehead atoms. The summed E-state index contributed by atoms with van der Waals surface area (Å²) in [4.78, 5) is 41.4. The summed E-state index contributed by atoms with van der Waals surface area (Å²) in [6, 6.07) is 5.12. The molecular formula is C18H17ClN4O5. The molecule has 146 valence electrons. The summed E-state index contributed by atoms with van der Waals surface area (Å²) in [7, 11) is 0. The second-order valence-electron chi connectivity index (χ2n) is 5.94. The van der Waals surface area contributed by atoms with E-state index in [1.165, 1.54) is 0 Å². The summed E-state index contributed by atoms with van der Waals surface area (Å²) in [5, 5.41) is 6.68. The highest BCUT2D eigenvalue weighted by Gasteiger charge is 2.24. The molecule has 10 heteroatoms. The van der Waals surface area contributed by atoms with Crippen molar-refractivity contribution in [2.45, 2.75) is 27.3 Å². The van der Waals surface area contributed by atoms with Crippen LogP contribution in [0.25, 0.3) is 11.1 Å². The van der Waals surface area contributed by atoms with Crippen LogP contribution in [0.2, 0.25) is 5.02 Å². The third-order valence-corrected chi connectivity index (χ3v) is 4.51. The van der Waals surface area contributed by atoms with Gasteiger partial charge in [-0.3, -0.25) is 14.2 Å². The van der Waals surface area contributed by atoms with Crippen LogP contribution in [0.15, 0.2) is 27.5 Å². The number of aryl methyl sites for hydroxylation is 1. The molecule has 0 aliphatic rings. The van der Waals surface area contributed by atoms with E-state index in [0.717, 1.165) is 4.57 Å². The monoisotopic (exact) mass is 404 g/mol. The summed E-state index contributed by atoms with van der Waals surface area (Å²) >= 11 is 6.06. The van der Waals surface area contributed by atoms with Gasteiger partial charge in [0.05, 0.1) is 6.61 Å². The Morgan fingerprint density at radius 2 is 2.07 bits per heavy atom. The van der Waals surface area contributed by atoms with E-state index in [9.17, 15) is 14.4 Å². The van der Waals surface area contributed by atoms with E-state index in [4.69, 9.17) is 20.9 Å². The Balaban J connectivity index is 1.95. The van der Waals surface area contributed by atoms with E-state index >= 15 is 0 Å². The maximum absolute atomic E-state index is 12.9. The Bertz CT molecular complexity index is 1130. The summed E-state index contributed by atoms with van der Waals surface area (Å²) in [6.45, 7) is 4.75. The van der Waals surface area contributed by atoms with Gasteiger partial charge in [-0.05, 0) is 38.5 Å². The number of esters is 1. The largest absolute Gasteiger partial charge is 0.461 e. The first kappa shape index (κ1) is 19.6. The number of benzene rings is 1. The van der Waals surface area contributed by atoms with Gasteiger partial charge >= 0.3 is 5.97 Å². The van der Waals surface area contributed by atoms with E-state index < -0.39 is 17.4 Å². The molecule has 2 heterocycles. The maximum Gasteiger partial charge on any atom is 0.361 e. The number of amides is 1. The number of nitrogens with one attached hydrogen (secondary N) is 1. The van der Waals surface area contributed by atoms with Crippen LogP contribution in [-0.2, 0) is 16.1 Å². The zero-order valence-corrected chi connectivity index (χ0v) is 16.2. The summed E-state index contributed by atoms with van der Waals surface area (Å²) < 4.78 is 11.0. The van der Waals surface area contributed by atoms with Crippen LogP contribution in [0.5, 0.6) is 0 Å². The Hall–Kier alpha value is -3.20. The lowest BCUT2D eigenvalue weighted by molar-refractivity contribution is -0.116. The van der Waals surface area contributed by atoms with Gasteiger partial charge in [0.2, 0.25) is 11.6 Å². The molecule has 0 unspecified atom stereocenters. The third kappa shape index (κ3) is 3.61. The number of fused-ring (bicyclic) bond motifs is 1.